The van der Waals surface area contributed by atoms with Gasteiger partial charge in [0.05, 0.1) is 29.2 Å². The van der Waals surface area contributed by atoms with Gasteiger partial charge in [-0.3, -0.25) is 19.4 Å². The lowest BCUT2D eigenvalue weighted by molar-refractivity contribution is 0.0685. The van der Waals surface area contributed by atoms with Crippen LogP contribution in [-0.4, -0.2) is 56.3 Å². The van der Waals surface area contributed by atoms with Crippen LogP contribution in [0, 0.1) is 5.92 Å². The summed E-state index contributed by atoms with van der Waals surface area (Å²) in [6.07, 6.45) is 6.58. The maximum absolute atomic E-state index is 13.0. The Morgan fingerprint density at radius 2 is 1.93 bits per heavy atom. The number of benzene rings is 1. The molecule has 8 nitrogen and oxygen atoms in total. The van der Waals surface area contributed by atoms with Crippen molar-refractivity contribution in [3.63, 3.8) is 0 Å². The van der Waals surface area contributed by atoms with Gasteiger partial charge in [0.15, 0.2) is 0 Å². The molecule has 1 aliphatic heterocycles. The molecule has 2 N–H and O–H groups in total. The quantitative estimate of drug-likeness (QED) is 0.695. The molecule has 0 bridgehead atoms. The first-order valence-corrected chi connectivity index (χ1v) is 9.76. The molecule has 4 rings (SSSR count). The summed E-state index contributed by atoms with van der Waals surface area (Å²) in [5, 5.41) is 14.0. The molecular formula is C21H24N6O2. The van der Waals surface area contributed by atoms with Crippen LogP contribution in [0.4, 0.5) is 0 Å². The van der Waals surface area contributed by atoms with E-state index in [1.54, 1.807) is 30.3 Å². The van der Waals surface area contributed by atoms with Crippen LogP contribution in [0.15, 0.2) is 48.9 Å². The van der Waals surface area contributed by atoms with E-state index < -0.39 is 0 Å². The molecule has 0 atom stereocenters. The number of rotatable bonds is 5. The summed E-state index contributed by atoms with van der Waals surface area (Å²) in [5.41, 5.74) is 2.86. The number of aromatic nitrogens is 4. The zero-order valence-electron chi connectivity index (χ0n) is 16.3. The summed E-state index contributed by atoms with van der Waals surface area (Å²) in [7, 11) is 1.78. The largest absolute Gasteiger partial charge is 0.352 e. The van der Waals surface area contributed by atoms with Crippen molar-refractivity contribution in [2.45, 2.75) is 12.8 Å². The lowest BCUT2D eigenvalue weighted by atomic mass is 9.96. The van der Waals surface area contributed by atoms with Crippen LogP contribution >= 0.6 is 0 Å². The summed E-state index contributed by atoms with van der Waals surface area (Å²) in [4.78, 5) is 27.0. The van der Waals surface area contributed by atoms with Crippen LogP contribution in [0.2, 0.25) is 0 Å². The number of likely N-dealkylation sites (tertiary alicyclic amines) is 1. The SMILES string of the molecule is Cn1cc(C(=O)NCC2CCN(C(=O)c3cn[nH]c3-c3ccccc3)CC2)cn1. The number of piperidine rings is 1. The minimum atomic E-state index is -0.109. The van der Waals surface area contributed by atoms with Crippen LogP contribution in [0.25, 0.3) is 11.3 Å². The zero-order chi connectivity index (χ0) is 20.2. The van der Waals surface area contributed by atoms with Gasteiger partial charge in [0, 0.05) is 38.4 Å². The van der Waals surface area contributed by atoms with Crippen LogP contribution in [0.1, 0.15) is 33.6 Å². The molecule has 150 valence electrons. The van der Waals surface area contributed by atoms with Gasteiger partial charge in [-0.2, -0.15) is 10.2 Å². The molecule has 1 fully saturated rings. The Hall–Kier alpha value is -3.42. The average molecular weight is 392 g/mol. The summed E-state index contributed by atoms with van der Waals surface area (Å²) in [6, 6.07) is 9.74. The molecule has 2 aromatic heterocycles. The Balaban J connectivity index is 1.31. The molecule has 0 aliphatic carbocycles. The fourth-order valence-corrected chi connectivity index (χ4v) is 3.66. The van der Waals surface area contributed by atoms with E-state index in [-0.39, 0.29) is 11.8 Å². The summed E-state index contributed by atoms with van der Waals surface area (Å²) < 4.78 is 1.61. The van der Waals surface area contributed by atoms with Crippen molar-refractivity contribution in [2.75, 3.05) is 19.6 Å². The highest BCUT2D eigenvalue weighted by molar-refractivity contribution is 5.99. The molecule has 0 saturated carbocycles. The number of hydrogen-bond acceptors (Lipinski definition) is 4. The monoisotopic (exact) mass is 392 g/mol. The molecule has 3 heterocycles. The number of aryl methyl sites for hydroxylation is 1. The van der Waals surface area contributed by atoms with Gasteiger partial charge in [-0.05, 0) is 18.8 Å². The number of carbonyl (C=O) groups is 2. The normalized spacial score (nSPS) is 14.7. The molecule has 0 spiro atoms. The van der Waals surface area contributed by atoms with Gasteiger partial charge < -0.3 is 10.2 Å². The molecule has 8 heteroatoms. The second-order valence-electron chi connectivity index (χ2n) is 7.37. The first-order chi connectivity index (χ1) is 14.1. The van der Waals surface area contributed by atoms with E-state index in [1.165, 1.54) is 0 Å². The van der Waals surface area contributed by atoms with E-state index in [4.69, 9.17) is 0 Å². The van der Waals surface area contributed by atoms with E-state index in [2.05, 4.69) is 20.6 Å². The van der Waals surface area contributed by atoms with Gasteiger partial charge in [0.2, 0.25) is 0 Å². The van der Waals surface area contributed by atoms with Crippen LogP contribution in [0.3, 0.4) is 0 Å². The highest BCUT2D eigenvalue weighted by atomic mass is 16.2. The Morgan fingerprint density at radius 1 is 1.17 bits per heavy atom. The number of H-pyrrole nitrogens is 1. The van der Waals surface area contributed by atoms with Crippen LogP contribution in [-0.2, 0) is 7.05 Å². The highest BCUT2D eigenvalue weighted by Gasteiger charge is 2.26. The maximum Gasteiger partial charge on any atom is 0.257 e. The van der Waals surface area contributed by atoms with E-state index in [0.29, 0.717) is 36.7 Å². The number of carbonyl (C=O) groups excluding carboxylic acids is 2. The smallest absolute Gasteiger partial charge is 0.257 e. The molecule has 3 aromatic rings. The third kappa shape index (κ3) is 4.21. The van der Waals surface area contributed by atoms with Crippen molar-refractivity contribution in [3.05, 3.63) is 60.0 Å². The number of amides is 2. The Morgan fingerprint density at radius 3 is 2.62 bits per heavy atom. The number of nitrogens with one attached hydrogen (secondary N) is 2. The third-order valence-corrected chi connectivity index (χ3v) is 5.35. The minimum absolute atomic E-state index is 0.00421. The van der Waals surface area contributed by atoms with Crippen molar-refractivity contribution in [1.29, 1.82) is 0 Å². The average Bonchev–Trinajstić information content (AvgIpc) is 3.42. The lowest BCUT2D eigenvalue weighted by Crippen LogP contribution is -2.41. The third-order valence-electron chi connectivity index (χ3n) is 5.35. The minimum Gasteiger partial charge on any atom is -0.352 e. The van der Waals surface area contributed by atoms with E-state index >= 15 is 0 Å². The Labute approximate surface area is 168 Å². The molecule has 1 saturated heterocycles. The summed E-state index contributed by atoms with van der Waals surface area (Å²) >= 11 is 0. The lowest BCUT2D eigenvalue weighted by Gasteiger charge is -2.32. The van der Waals surface area contributed by atoms with Gasteiger partial charge in [0.25, 0.3) is 11.8 Å². The Kier molecular flexibility index (Phi) is 5.41. The van der Waals surface area contributed by atoms with E-state index in [0.717, 1.165) is 24.1 Å². The Bertz CT molecular complexity index is 986. The van der Waals surface area contributed by atoms with Gasteiger partial charge >= 0.3 is 0 Å². The first kappa shape index (κ1) is 18.9. The first-order valence-electron chi connectivity index (χ1n) is 9.76. The van der Waals surface area contributed by atoms with Crippen molar-refractivity contribution >= 4 is 11.8 Å². The van der Waals surface area contributed by atoms with E-state index in [1.807, 2.05) is 35.2 Å². The number of nitrogens with zero attached hydrogens (tertiary/aromatic N) is 4. The molecular weight excluding hydrogens is 368 g/mol. The van der Waals surface area contributed by atoms with Gasteiger partial charge in [-0.1, -0.05) is 30.3 Å². The molecule has 1 aliphatic rings. The maximum atomic E-state index is 13.0. The predicted octanol–water partition coefficient (Wildman–Crippen LogP) is 2.09. The second kappa shape index (κ2) is 8.30. The summed E-state index contributed by atoms with van der Waals surface area (Å²) in [5.74, 6) is 0.246. The second-order valence-corrected chi connectivity index (χ2v) is 7.37. The van der Waals surface area contributed by atoms with Gasteiger partial charge in [-0.25, -0.2) is 0 Å². The predicted molar refractivity (Wildman–Crippen MR) is 108 cm³/mol. The number of aromatic amines is 1. The van der Waals surface area contributed by atoms with Crippen LogP contribution < -0.4 is 5.32 Å². The standard InChI is InChI=1S/C21H24N6O2/c1-26-14-17(12-24-26)20(28)22-11-15-7-9-27(10-8-15)21(29)18-13-23-25-19(18)16-5-3-2-4-6-16/h2-6,12-15H,7-11H2,1H3,(H,22,28)(H,23,25). The fraction of sp³-hybridized carbons (Fsp3) is 0.333. The van der Waals surface area contributed by atoms with Crippen molar-refractivity contribution < 1.29 is 9.59 Å². The molecule has 29 heavy (non-hydrogen) atoms. The van der Waals surface area contributed by atoms with E-state index in [9.17, 15) is 9.59 Å². The topological polar surface area (TPSA) is 95.9 Å². The summed E-state index contributed by atoms with van der Waals surface area (Å²) in [6.45, 7) is 1.95. The zero-order valence-corrected chi connectivity index (χ0v) is 16.3. The van der Waals surface area contributed by atoms with Crippen LogP contribution in [0.5, 0.6) is 0 Å². The number of hydrogen-bond donors (Lipinski definition) is 2. The van der Waals surface area contributed by atoms with Gasteiger partial charge in [0.1, 0.15) is 0 Å². The molecule has 0 unspecified atom stereocenters. The molecule has 2 amide bonds. The molecule has 1 aromatic carbocycles. The van der Waals surface area contributed by atoms with Gasteiger partial charge in [-0.15, -0.1) is 0 Å². The van der Waals surface area contributed by atoms with Crippen molar-refractivity contribution in [2.24, 2.45) is 13.0 Å². The fourth-order valence-electron chi connectivity index (χ4n) is 3.66. The molecule has 0 radical (unpaired) electrons. The highest BCUT2D eigenvalue weighted by Crippen LogP contribution is 2.24. The van der Waals surface area contributed by atoms with Crippen molar-refractivity contribution in [3.8, 4) is 11.3 Å². The van der Waals surface area contributed by atoms with Crippen molar-refractivity contribution in [1.82, 2.24) is 30.2 Å².